The quantitative estimate of drug-likeness (QED) is 0.166. The van der Waals surface area contributed by atoms with Crippen LogP contribution in [0.25, 0.3) is 5.65 Å². The van der Waals surface area contributed by atoms with Crippen LogP contribution in [0.15, 0.2) is 127 Å². The lowest BCUT2D eigenvalue weighted by atomic mass is 9.85. The van der Waals surface area contributed by atoms with Crippen LogP contribution in [0.3, 0.4) is 0 Å². The molecule has 4 atom stereocenters. The first-order valence-electron chi connectivity index (χ1n) is 22.0. The average molecular weight is 748 g/mol. The van der Waals surface area contributed by atoms with Crippen LogP contribution in [0.4, 0.5) is 5.69 Å². The fourth-order valence-electron chi connectivity index (χ4n) is 9.66. The normalized spacial score (nSPS) is 23.1. The van der Waals surface area contributed by atoms with Crippen LogP contribution in [0.1, 0.15) is 111 Å². The Hall–Kier alpha value is -4.48. The number of nitrogens with zero attached hydrogens (tertiary/aromatic N) is 3. The lowest BCUT2D eigenvalue weighted by Gasteiger charge is -2.24. The summed E-state index contributed by atoms with van der Waals surface area (Å²) in [5.74, 6) is 1.99. The molecule has 4 aliphatic carbocycles. The Morgan fingerprint density at radius 2 is 1.14 bits per heavy atom. The van der Waals surface area contributed by atoms with Crippen molar-refractivity contribution < 1.29 is 0 Å². The smallest absolute Gasteiger partial charge is 0.136 e. The predicted molar refractivity (Wildman–Crippen MR) is 236 cm³/mol. The average Bonchev–Trinajstić information content (AvgIpc) is 4.12. The van der Waals surface area contributed by atoms with Gasteiger partial charge in [-0.25, -0.2) is 4.98 Å². The van der Waals surface area contributed by atoms with E-state index in [1.165, 1.54) is 127 Å². The van der Waals surface area contributed by atoms with Crippen molar-refractivity contribution in [3.05, 3.63) is 150 Å². The Balaban J connectivity index is 0.000000103. The number of fused-ring (bicyclic) bond motifs is 6. The van der Waals surface area contributed by atoms with Crippen molar-refractivity contribution in [3.8, 4) is 0 Å². The third-order valence-electron chi connectivity index (χ3n) is 12.7. The van der Waals surface area contributed by atoms with E-state index >= 15 is 0 Å². The second kappa shape index (κ2) is 21.2. The molecule has 5 aromatic rings. The molecule has 2 saturated heterocycles. The van der Waals surface area contributed by atoms with Crippen molar-refractivity contribution in [1.82, 2.24) is 20.0 Å². The molecule has 2 aromatic heterocycles. The topological polar surface area (TPSA) is 53.7 Å². The Morgan fingerprint density at radius 3 is 1.79 bits per heavy atom. The monoisotopic (exact) mass is 748 g/mol. The standard InChI is InChI=1S/C10H12.C9H15N.C9H10.C8H15N.C8H7N.C7H6N2/c1-2-6-10-8-4-3-7-9(10)5-1;1-7-6-8-4-2-3-5-9(8)10-7;1-2-5-9-7-3-6-8(9)4-1;2*1-2-4-8-7(3-1)5-6-9-8;1-2-5-9-6-4-8-7(9)3-1/h1-2,5-6H,3-4,7-8H2;8-10H,1-6H2;1-2,4-5H,3,6-7H2;7-9H,1-6H2;1-4,6H,5H2;1-6H. The third kappa shape index (κ3) is 11.5. The van der Waals surface area contributed by atoms with Gasteiger partial charge >= 0.3 is 0 Å². The Labute approximate surface area is 337 Å². The first-order valence-corrected chi connectivity index (χ1v) is 22.0. The maximum Gasteiger partial charge on any atom is 0.136 e. The van der Waals surface area contributed by atoms with E-state index in [9.17, 15) is 0 Å². The van der Waals surface area contributed by atoms with Crippen LogP contribution in [-0.2, 0) is 32.1 Å². The number of pyridine rings is 1. The van der Waals surface area contributed by atoms with E-state index in [0.29, 0.717) is 0 Å². The first kappa shape index (κ1) is 39.7. The van der Waals surface area contributed by atoms with Gasteiger partial charge < -0.3 is 15.0 Å². The number of imidazole rings is 1. The summed E-state index contributed by atoms with van der Waals surface area (Å²) >= 11 is 0. The highest BCUT2D eigenvalue weighted by molar-refractivity contribution is 5.75. The van der Waals surface area contributed by atoms with Crippen molar-refractivity contribution >= 4 is 17.5 Å². The highest BCUT2D eigenvalue weighted by Crippen LogP contribution is 2.34. The van der Waals surface area contributed by atoms with Crippen LogP contribution < -0.4 is 10.6 Å². The maximum absolute atomic E-state index is 4.17. The third-order valence-corrected chi connectivity index (χ3v) is 12.7. The molecular formula is C51H65N5. The molecule has 5 nitrogen and oxygen atoms in total. The van der Waals surface area contributed by atoms with Gasteiger partial charge in [-0.2, -0.15) is 0 Å². The Morgan fingerprint density at radius 1 is 0.554 bits per heavy atom. The minimum atomic E-state index is 0.793. The molecule has 5 heterocycles. The number of nitrogens with one attached hydrogen (secondary N) is 2. The van der Waals surface area contributed by atoms with Gasteiger partial charge in [0.1, 0.15) is 5.65 Å². The van der Waals surface area contributed by atoms with Gasteiger partial charge in [-0.1, -0.05) is 105 Å². The summed E-state index contributed by atoms with van der Waals surface area (Å²) in [5, 5.41) is 7.02. The molecule has 2 N–H and O–H groups in total. The van der Waals surface area contributed by atoms with Gasteiger partial charge in [0, 0.05) is 49.0 Å². The number of hydrogen-bond acceptors (Lipinski definition) is 4. The minimum Gasteiger partial charge on any atom is -0.386 e. The summed E-state index contributed by atoms with van der Waals surface area (Å²) < 4.78 is 1.97. The molecule has 0 bridgehead atoms. The molecule has 12 rings (SSSR count). The number of aliphatic imine (C=N–C) groups is 1. The van der Waals surface area contributed by atoms with E-state index in [4.69, 9.17) is 0 Å². The van der Waals surface area contributed by atoms with Crippen LogP contribution in [-0.4, -0.2) is 34.2 Å². The van der Waals surface area contributed by atoms with Crippen molar-refractivity contribution in [2.45, 2.75) is 128 Å². The summed E-state index contributed by atoms with van der Waals surface area (Å²) in [6.07, 6.45) is 32.2. The Kier molecular flexibility index (Phi) is 15.0. The molecule has 0 amide bonds. The van der Waals surface area contributed by atoms with Crippen molar-refractivity contribution in [2.24, 2.45) is 16.8 Å². The number of allylic oxidation sites excluding steroid dienone is 1. The van der Waals surface area contributed by atoms with E-state index in [0.717, 1.165) is 41.7 Å². The zero-order chi connectivity index (χ0) is 38.2. The van der Waals surface area contributed by atoms with Gasteiger partial charge in [-0.05, 0) is 148 Å². The van der Waals surface area contributed by atoms with Crippen molar-refractivity contribution in [1.29, 1.82) is 0 Å². The second-order valence-electron chi connectivity index (χ2n) is 16.6. The molecule has 7 aliphatic rings. The zero-order valence-electron chi connectivity index (χ0n) is 33.8. The summed E-state index contributed by atoms with van der Waals surface area (Å²) in [5.41, 5.74) is 11.0. The lowest BCUT2D eigenvalue weighted by Crippen LogP contribution is -2.29. The van der Waals surface area contributed by atoms with E-state index in [1.807, 2.05) is 59.4 Å². The van der Waals surface area contributed by atoms with Gasteiger partial charge in [0.25, 0.3) is 0 Å². The zero-order valence-corrected chi connectivity index (χ0v) is 33.8. The van der Waals surface area contributed by atoms with Crippen LogP contribution >= 0.6 is 0 Å². The molecule has 0 spiro atoms. The van der Waals surface area contributed by atoms with E-state index < -0.39 is 0 Å². The number of aromatic nitrogens is 2. The number of aryl methyl sites for hydroxylation is 4. The molecule has 2 saturated carbocycles. The molecule has 4 fully saturated rings. The van der Waals surface area contributed by atoms with E-state index in [1.54, 1.807) is 28.5 Å². The van der Waals surface area contributed by atoms with Gasteiger partial charge in [-0.15, -0.1) is 0 Å². The largest absolute Gasteiger partial charge is 0.386 e. The van der Waals surface area contributed by atoms with Gasteiger partial charge in [-0.3, -0.25) is 4.99 Å². The Bertz CT molecular complexity index is 1860. The van der Waals surface area contributed by atoms with Gasteiger partial charge in [0.2, 0.25) is 0 Å². The molecule has 4 unspecified atom stereocenters. The molecular weight excluding hydrogens is 683 g/mol. The number of rotatable bonds is 0. The molecule has 0 radical (unpaired) electrons. The fourth-order valence-corrected chi connectivity index (χ4v) is 9.66. The molecule has 5 heteroatoms. The van der Waals surface area contributed by atoms with Crippen molar-refractivity contribution in [2.75, 3.05) is 6.54 Å². The first-order chi connectivity index (χ1) is 27.7. The molecule has 294 valence electrons. The summed E-state index contributed by atoms with van der Waals surface area (Å²) in [7, 11) is 0. The SMILES string of the molecule is C1=Nc2ccccc2C1.C1CCC2NCCC2C1.C=C1CC2CCCCC2N1.c1ccc2c(c1)CCC2.c1ccc2c(c1)CCCC2.c1ccn2ccnc2c1. The number of hydrogen-bond donors (Lipinski definition) is 2. The minimum absolute atomic E-state index is 0.793. The second-order valence-corrected chi connectivity index (χ2v) is 16.6. The highest BCUT2D eigenvalue weighted by Gasteiger charge is 2.30. The predicted octanol–water partition coefficient (Wildman–Crippen LogP) is 11.6. The lowest BCUT2D eigenvalue weighted by molar-refractivity contribution is 0.326. The van der Waals surface area contributed by atoms with Gasteiger partial charge in [0.05, 0.1) is 5.69 Å². The molecule has 56 heavy (non-hydrogen) atoms. The van der Waals surface area contributed by atoms with Crippen LogP contribution in [0, 0.1) is 11.8 Å². The highest BCUT2D eigenvalue weighted by atomic mass is 15.0. The molecule has 3 aliphatic heterocycles. The molecule has 3 aromatic carbocycles. The summed E-state index contributed by atoms with van der Waals surface area (Å²) in [6, 6.07) is 33.4. The number of para-hydroxylation sites is 1. The van der Waals surface area contributed by atoms with Crippen LogP contribution in [0.2, 0.25) is 0 Å². The van der Waals surface area contributed by atoms with Gasteiger partial charge in [0.15, 0.2) is 0 Å². The number of benzene rings is 3. The summed E-state index contributed by atoms with van der Waals surface area (Å²) in [6.45, 7) is 5.25. The van der Waals surface area contributed by atoms with E-state index in [-0.39, 0.29) is 0 Å². The van der Waals surface area contributed by atoms with Crippen molar-refractivity contribution in [3.63, 3.8) is 0 Å². The summed E-state index contributed by atoms with van der Waals surface area (Å²) in [4.78, 5) is 8.26. The fraction of sp³-hybridized carbons (Fsp3) is 0.451. The van der Waals surface area contributed by atoms with E-state index in [2.05, 4.69) is 81.8 Å². The maximum atomic E-state index is 4.17. The van der Waals surface area contributed by atoms with Crippen LogP contribution in [0.5, 0.6) is 0 Å².